The largest absolute Gasteiger partial charge is 0.495 e. The third kappa shape index (κ3) is 3.45. The molecule has 1 fully saturated rings. The van der Waals surface area contributed by atoms with E-state index in [9.17, 15) is 4.79 Å². The molecule has 2 aromatic heterocycles. The summed E-state index contributed by atoms with van der Waals surface area (Å²) in [4.78, 5) is 16.8. The fourth-order valence-electron chi connectivity index (χ4n) is 3.54. The van der Waals surface area contributed by atoms with Crippen molar-refractivity contribution in [1.29, 1.82) is 0 Å². The molecule has 3 heterocycles. The molecule has 8 heteroatoms. The second kappa shape index (κ2) is 7.75. The van der Waals surface area contributed by atoms with E-state index in [0.717, 1.165) is 36.0 Å². The summed E-state index contributed by atoms with van der Waals surface area (Å²) >= 11 is 0. The predicted octanol–water partition coefficient (Wildman–Crippen LogP) is 2.33. The smallest absolute Gasteiger partial charge is 0.318 e. The van der Waals surface area contributed by atoms with Crippen molar-refractivity contribution in [3.8, 4) is 5.75 Å². The molecule has 1 aromatic carbocycles. The zero-order chi connectivity index (χ0) is 19.5. The number of hydrogen-bond acceptors (Lipinski definition) is 5. The molecule has 3 aromatic rings. The number of hydrogen-bond donors (Lipinski definition) is 1. The highest BCUT2D eigenvalue weighted by molar-refractivity contribution is 5.75. The van der Waals surface area contributed by atoms with Crippen LogP contribution in [-0.4, -0.2) is 58.8 Å². The summed E-state index contributed by atoms with van der Waals surface area (Å²) in [6.45, 7) is 4.74. The van der Waals surface area contributed by atoms with Crippen LogP contribution in [-0.2, 0) is 0 Å². The number of methoxy groups -OCH3 is 1. The standard InChI is InChI=1S/C20H24N6O2/c1-15(19-23-22-18-9-5-6-10-26(18)19)21-20(27)25-13-11-24(12-14-25)16-7-3-4-8-17(16)28-2/h3-10,15H,11-14H2,1-2H3,(H,21,27)/t15-/m1/s1. The fourth-order valence-corrected chi connectivity index (χ4v) is 3.54. The van der Waals surface area contributed by atoms with Gasteiger partial charge in [0.1, 0.15) is 5.75 Å². The lowest BCUT2D eigenvalue weighted by Crippen LogP contribution is -2.52. The van der Waals surface area contributed by atoms with Gasteiger partial charge in [-0.25, -0.2) is 4.79 Å². The van der Waals surface area contributed by atoms with Gasteiger partial charge in [-0.1, -0.05) is 18.2 Å². The molecule has 1 aliphatic heterocycles. The summed E-state index contributed by atoms with van der Waals surface area (Å²) in [5.41, 5.74) is 1.83. The third-order valence-electron chi connectivity index (χ3n) is 5.06. The maximum atomic E-state index is 12.7. The van der Waals surface area contributed by atoms with Gasteiger partial charge in [-0.3, -0.25) is 4.40 Å². The summed E-state index contributed by atoms with van der Waals surface area (Å²) in [7, 11) is 1.68. The van der Waals surface area contributed by atoms with Crippen LogP contribution in [0, 0.1) is 0 Å². The van der Waals surface area contributed by atoms with Crippen molar-refractivity contribution in [1.82, 2.24) is 24.8 Å². The maximum Gasteiger partial charge on any atom is 0.318 e. The predicted molar refractivity (Wildman–Crippen MR) is 107 cm³/mol. The third-order valence-corrected chi connectivity index (χ3v) is 5.06. The van der Waals surface area contributed by atoms with E-state index in [4.69, 9.17) is 4.74 Å². The van der Waals surface area contributed by atoms with Crippen LogP contribution in [0.1, 0.15) is 18.8 Å². The second-order valence-electron chi connectivity index (χ2n) is 6.80. The van der Waals surface area contributed by atoms with Crippen LogP contribution in [0.25, 0.3) is 5.65 Å². The van der Waals surface area contributed by atoms with E-state index in [-0.39, 0.29) is 12.1 Å². The normalized spacial score (nSPS) is 15.5. The number of ether oxygens (including phenoxy) is 1. The highest BCUT2D eigenvalue weighted by Gasteiger charge is 2.25. The van der Waals surface area contributed by atoms with Crippen LogP contribution in [0.2, 0.25) is 0 Å². The molecule has 0 saturated carbocycles. The molecule has 0 aliphatic carbocycles. The number of carbonyl (C=O) groups excluding carboxylic acids is 1. The number of aromatic nitrogens is 3. The fraction of sp³-hybridized carbons (Fsp3) is 0.350. The van der Waals surface area contributed by atoms with E-state index < -0.39 is 0 Å². The summed E-state index contributed by atoms with van der Waals surface area (Å²) < 4.78 is 7.35. The SMILES string of the molecule is COc1ccccc1N1CCN(C(=O)N[C@H](C)c2nnc3ccccn23)CC1. The van der Waals surface area contributed by atoms with E-state index >= 15 is 0 Å². The lowest BCUT2D eigenvalue weighted by Gasteiger charge is -2.36. The minimum absolute atomic E-state index is 0.0835. The topological polar surface area (TPSA) is 75.0 Å². The first kappa shape index (κ1) is 18.1. The van der Waals surface area contributed by atoms with Gasteiger partial charge in [0.05, 0.1) is 18.8 Å². The quantitative estimate of drug-likeness (QED) is 0.752. The highest BCUT2D eigenvalue weighted by Crippen LogP contribution is 2.28. The Labute approximate surface area is 163 Å². The molecule has 2 amide bonds. The monoisotopic (exact) mass is 380 g/mol. The Morgan fingerprint density at radius 1 is 1.07 bits per heavy atom. The Hall–Kier alpha value is -3.29. The first-order valence-electron chi connectivity index (χ1n) is 9.40. The minimum atomic E-state index is -0.239. The Kier molecular flexibility index (Phi) is 5.01. The highest BCUT2D eigenvalue weighted by atomic mass is 16.5. The number of piperazine rings is 1. The number of para-hydroxylation sites is 2. The van der Waals surface area contributed by atoms with Crippen LogP contribution in [0.5, 0.6) is 5.75 Å². The molecule has 1 aliphatic rings. The zero-order valence-electron chi connectivity index (χ0n) is 16.1. The molecule has 28 heavy (non-hydrogen) atoms. The van der Waals surface area contributed by atoms with Crippen molar-refractivity contribution in [2.75, 3.05) is 38.2 Å². The molecule has 4 rings (SSSR count). The van der Waals surface area contributed by atoms with Gasteiger partial charge in [-0.2, -0.15) is 0 Å². The lowest BCUT2D eigenvalue weighted by molar-refractivity contribution is 0.190. The lowest BCUT2D eigenvalue weighted by atomic mass is 10.2. The van der Waals surface area contributed by atoms with E-state index in [1.165, 1.54) is 0 Å². The van der Waals surface area contributed by atoms with Gasteiger partial charge in [0.15, 0.2) is 11.5 Å². The Bertz CT molecular complexity index is 964. The summed E-state index contributed by atoms with van der Waals surface area (Å²) in [6, 6.07) is 13.4. The van der Waals surface area contributed by atoms with Crippen LogP contribution in [0.4, 0.5) is 10.5 Å². The molecule has 146 valence electrons. The maximum absolute atomic E-state index is 12.7. The van der Waals surface area contributed by atoms with Crippen LogP contribution in [0.3, 0.4) is 0 Å². The van der Waals surface area contributed by atoms with Crippen molar-refractivity contribution in [2.24, 2.45) is 0 Å². The molecule has 0 radical (unpaired) electrons. The second-order valence-corrected chi connectivity index (χ2v) is 6.80. The Balaban J connectivity index is 1.37. The van der Waals surface area contributed by atoms with Crippen molar-refractivity contribution < 1.29 is 9.53 Å². The number of benzene rings is 1. The summed E-state index contributed by atoms with van der Waals surface area (Å²) in [6.07, 6.45) is 1.90. The zero-order valence-corrected chi connectivity index (χ0v) is 16.1. The van der Waals surface area contributed by atoms with Crippen molar-refractivity contribution in [3.05, 3.63) is 54.5 Å². The van der Waals surface area contributed by atoms with Gasteiger partial charge >= 0.3 is 6.03 Å². The molecule has 1 N–H and O–H groups in total. The molecule has 1 saturated heterocycles. The molecule has 8 nitrogen and oxygen atoms in total. The number of fused-ring (bicyclic) bond motifs is 1. The number of anilines is 1. The average Bonchev–Trinajstić information content (AvgIpc) is 3.18. The Morgan fingerprint density at radius 2 is 1.82 bits per heavy atom. The van der Waals surface area contributed by atoms with Gasteiger partial charge in [0.25, 0.3) is 0 Å². The van der Waals surface area contributed by atoms with Crippen molar-refractivity contribution in [3.63, 3.8) is 0 Å². The average molecular weight is 380 g/mol. The number of nitrogens with zero attached hydrogens (tertiary/aromatic N) is 5. The summed E-state index contributed by atoms with van der Waals surface area (Å²) in [5, 5.41) is 11.4. The van der Waals surface area contributed by atoms with E-state index in [2.05, 4.69) is 20.4 Å². The van der Waals surface area contributed by atoms with E-state index in [1.54, 1.807) is 7.11 Å². The van der Waals surface area contributed by atoms with Crippen LogP contribution < -0.4 is 15.0 Å². The van der Waals surface area contributed by atoms with Crippen LogP contribution >= 0.6 is 0 Å². The molecular formula is C20H24N6O2. The first-order valence-corrected chi connectivity index (χ1v) is 9.40. The molecular weight excluding hydrogens is 356 g/mol. The number of nitrogens with one attached hydrogen (secondary N) is 1. The molecule has 0 bridgehead atoms. The first-order chi connectivity index (χ1) is 13.7. The number of amides is 2. The Morgan fingerprint density at radius 3 is 2.61 bits per heavy atom. The summed E-state index contributed by atoms with van der Waals surface area (Å²) in [5.74, 6) is 1.57. The number of rotatable bonds is 4. The van der Waals surface area contributed by atoms with E-state index in [0.29, 0.717) is 13.1 Å². The molecule has 1 atom stereocenters. The van der Waals surface area contributed by atoms with Gasteiger partial charge in [0, 0.05) is 32.4 Å². The van der Waals surface area contributed by atoms with E-state index in [1.807, 2.05) is 64.9 Å². The molecule has 0 unspecified atom stereocenters. The van der Waals surface area contributed by atoms with Gasteiger partial charge in [-0.05, 0) is 31.2 Å². The van der Waals surface area contributed by atoms with Crippen molar-refractivity contribution in [2.45, 2.75) is 13.0 Å². The van der Waals surface area contributed by atoms with Gasteiger partial charge < -0.3 is 19.9 Å². The van der Waals surface area contributed by atoms with Gasteiger partial charge in [-0.15, -0.1) is 10.2 Å². The number of urea groups is 1. The van der Waals surface area contributed by atoms with Gasteiger partial charge in [0.2, 0.25) is 0 Å². The number of carbonyl (C=O) groups is 1. The number of pyridine rings is 1. The van der Waals surface area contributed by atoms with Crippen LogP contribution in [0.15, 0.2) is 48.7 Å². The minimum Gasteiger partial charge on any atom is -0.495 e. The molecule has 0 spiro atoms. The van der Waals surface area contributed by atoms with Crippen molar-refractivity contribution >= 4 is 17.4 Å².